The number of carbonyl (C=O) groups excluding carboxylic acids is 1. The van der Waals surface area contributed by atoms with Crippen molar-refractivity contribution in [2.75, 3.05) is 14.2 Å². The first-order valence-electron chi connectivity index (χ1n) is 9.32. The Kier molecular flexibility index (Phi) is 5.36. The maximum Gasteiger partial charge on any atom is 0.306 e. The molecule has 0 bridgehead atoms. The van der Waals surface area contributed by atoms with Gasteiger partial charge in [0.05, 0.1) is 26.2 Å². The zero-order valence-corrected chi connectivity index (χ0v) is 16.9. The molecule has 7 nitrogen and oxygen atoms in total. The third-order valence-corrected chi connectivity index (χ3v) is 5.70. The van der Waals surface area contributed by atoms with Gasteiger partial charge in [-0.15, -0.1) is 0 Å². The fraction of sp³-hybridized carbons (Fsp3) is 0.409. The average molecular weight is 402 g/mol. The number of carbonyl (C=O) groups is 1. The Morgan fingerprint density at radius 3 is 2.41 bits per heavy atom. The van der Waals surface area contributed by atoms with Crippen LogP contribution in [0.1, 0.15) is 37.3 Å². The van der Waals surface area contributed by atoms with Gasteiger partial charge in [-0.25, -0.2) is 0 Å². The minimum Gasteiger partial charge on any atom is -0.508 e. The van der Waals surface area contributed by atoms with Gasteiger partial charge in [0.25, 0.3) is 0 Å². The highest BCUT2D eigenvalue weighted by Gasteiger charge is 2.45. The van der Waals surface area contributed by atoms with E-state index in [-0.39, 0.29) is 36.0 Å². The van der Waals surface area contributed by atoms with E-state index in [1.165, 1.54) is 32.4 Å². The second-order valence-corrected chi connectivity index (χ2v) is 7.92. The number of hydrogen-bond acceptors (Lipinski definition) is 7. The molecule has 2 atom stereocenters. The summed E-state index contributed by atoms with van der Waals surface area (Å²) in [6.45, 7) is 3.32. The van der Waals surface area contributed by atoms with Crippen molar-refractivity contribution in [2.45, 2.75) is 38.2 Å². The van der Waals surface area contributed by atoms with E-state index in [1.807, 2.05) is 0 Å². The molecule has 0 fully saturated rings. The molecule has 4 N–H and O–H groups in total. The number of fused-ring (bicyclic) bond motifs is 1. The third-order valence-electron chi connectivity index (χ3n) is 5.70. The maximum atomic E-state index is 12.1. The molecular formula is C22H26O7. The summed E-state index contributed by atoms with van der Waals surface area (Å²) in [6.07, 6.45) is 0.296. The SMILES string of the molecule is COC(=O)C[C@@H]1c2c(-c3ccc(O)cc3OC)cc(O)c(O)c2C[C@@H]1C(C)(C)O. The van der Waals surface area contributed by atoms with Crippen molar-refractivity contribution in [3.63, 3.8) is 0 Å². The first-order valence-corrected chi connectivity index (χ1v) is 9.32. The molecular weight excluding hydrogens is 376 g/mol. The Labute approximate surface area is 169 Å². The molecule has 0 amide bonds. The monoisotopic (exact) mass is 402 g/mol. The smallest absolute Gasteiger partial charge is 0.306 e. The molecule has 1 aliphatic carbocycles. The van der Waals surface area contributed by atoms with Crippen LogP contribution in [0.3, 0.4) is 0 Å². The molecule has 0 spiro atoms. The Bertz CT molecular complexity index is 943. The van der Waals surface area contributed by atoms with E-state index in [0.717, 1.165) is 0 Å². The summed E-state index contributed by atoms with van der Waals surface area (Å²) in [7, 11) is 2.76. The molecule has 0 aliphatic heterocycles. The first-order chi connectivity index (χ1) is 13.6. The molecule has 0 saturated heterocycles. The number of aliphatic hydroxyl groups is 1. The Morgan fingerprint density at radius 1 is 1.14 bits per heavy atom. The maximum absolute atomic E-state index is 12.1. The molecule has 0 radical (unpaired) electrons. The summed E-state index contributed by atoms with van der Waals surface area (Å²) < 4.78 is 10.3. The van der Waals surface area contributed by atoms with Crippen LogP contribution in [-0.2, 0) is 16.0 Å². The van der Waals surface area contributed by atoms with Crippen LogP contribution in [-0.4, -0.2) is 46.2 Å². The Balaban J connectivity index is 2.29. The third kappa shape index (κ3) is 3.70. The molecule has 0 aromatic heterocycles. The van der Waals surface area contributed by atoms with Crippen LogP contribution < -0.4 is 4.74 Å². The number of phenolic OH excluding ortho intramolecular Hbond substituents is 3. The van der Waals surface area contributed by atoms with Crippen LogP contribution in [0.15, 0.2) is 24.3 Å². The van der Waals surface area contributed by atoms with E-state index in [9.17, 15) is 25.2 Å². The fourth-order valence-corrected chi connectivity index (χ4v) is 4.30. The number of rotatable bonds is 5. The van der Waals surface area contributed by atoms with Crippen LogP contribution in [0.4, 0.5) is 0 Å². The minimum atomic E-state index is -1.14. The van der Waals surface area contributed by atoms with Crippen molar-refractivity contribution in [3.8, 4) is 34.1 Å². The van der Waals surface area contributed by atoms with Crippen LogP contribution in [0, 0.1) is 5.92 Å². The van der Waals surface area contributed by atoms with E-state index < -0.39 is 17.5 Å². The van der Waals surface area contributed by atoms with Gasteiger partial charge in [0.2, 0.25) is 0 Å². The molecule has 1 aliphatic rings. The molecule has 156 valence electrons. The van der Waals surface area contributed by atoms with E-state index >= 15 is 0 Å². The van der Waals surface area contributed by atoms with Crippen molar-refractivity contribution in [1.82, 2.24) is 0 Å². The summed E-state index contributed by atoms with van der Waals surface area (Å²) in [5.41, 5.74) is 1.14. The summed E-state index contributed by atoms with van der Waals surface area (Å²) in [4.78, 5) is 12.1. The van der Waals surface area contributed by atoms with Gasteiger partial charge in [-0.2, -0.15) is 0 Å². The molecule has 2 aromatic carbocycles. The normalized spacial score (nSPS) is 18.4. The molecule has 0 unspecified atom stereocenters. The predicted octanol–water partition coefficient (Wildman–Crippen LogP) is 3.07. The van der Waals surface area contributed by atoms with Crippen LogP contribution in [0.25, 0.3) is 11.1 Å². The van der Waals surface area contributed by atoms with Gasteiger partial charge in [-0.05, 0) is 55.5 Å². The lowest BCUT2D eigenvalue weighted by atomic mass is 9.78. The topological polar surface area (TPSA) is 116 Å². The largest absolute Gasteiger partial charge is 0.508 e. The lowest BCUT2D eigenvalue weighted by Gasteiger charge is -2.31. The van der Waals surface area contributed by atoms with Gasteiger partial charge in [0.15, 0.2) is 11.5 Å². The predicted molar refractivity (Wildman–Crippen MR) is 106 cm³/mol. The molecule has 3 rings (SSSR count). The molecule has 7 heteroatoms. The van der Waals surface area contributed by atoms with Gasteiger partial charge in [-0.3, -0.25) is 4.79 Å². The number of phenols is 3. The van der Waals surface area contributed by atoms with E-state index in [1.54, 1.807) is 19.9 Å². The lowest BCUT2D eigenvalue weighted by Crippen LogP contribution is -2.34. The standard InChI is InChI=1S/C22H26O7/c1-22(2,27)16-8-15-20(14(16)10-19(25)29-4)13(9-17(24)21(15)26)12-6-5-11(23)7-18(12)28-3/h5-7,9,14,16,23-24,26-27H,8,10H2,1-4H3/t14-,16-/m0/s1. The van der Waals surface area contributed by atoms with Crippen molar-refractivity contribution in [1.29, 1.82) is 0 Å². The van der Waals surface area contributed by atoms with Crippen molar-refractivity contribution >= 4 is 5.97 Å². The summed E-state index contributed by atoms with van der Waals surface area (Å²) in [5.74, 6) is -1.44. The Morgan fingerprint density at radius 2 is 1.83 bits per heavy atom. The summed E-state index contributed by atoms with van der Waals surface area (Å²) in [5, 5.41) is 41.4. The number of esters is 1. The first kappa shape index (κ1) is 20.8. The number of ether oxygens (including phenoxy) is 2. The van der Waals surface area contributed by atoms with Gasteiger partial charge in [-0.1, -0.05) is 0 Å². The number of hydrogen-bond donors (Lipinski definition) is 4. The zero-order valence-electron chi connectivity index (χ0n) is 16.9. The second kappa shape index (κ2) is 7.48. The second-order valence-electron chi connectivity index (χ2n) is 7.92. The van der Waals surface area contributed by atoms with Gasteiger partial charge in [0.1, 0.15) is 11.5 Å². The lowest BCUT2D eigenvalue weighted by molar-refractivity contribution is -0.141. The Hall–Kier alpha value is -2.93. The van der Waals surface area contributed by atoms with Gasteiger partial charge in [0, 0.05) is 23.1 Å². The fourth-order valence-electron chi connectivity index (χ4n) is 4.30. The highest BCUT2D eigenvalue weighted by Crippen LogP contribution is 2.54. The highest BCUT2D eigenvalue weighted by atomic mass is 16.5. The molecule has 2 aromatic rings. The summed E-state index contributed by atoms with van der Waals surface area (Å²) >= 11 is 0. The van der Waals surface area contributed by atoms with Crippen LogP contribution in [0.5, 0.6) is 23.0 Å². The van der Waals surface area contributed by atoms with E-state index in [2.05, 4.69) is 0 Å². The number of methoxy groups -OCH3 is 2. The number of benzene rings is 2. The van der Waals surface area contributed by atoms with Crippen LogP contribution >= 0.6 is 0 Å². The molecule has 29 heavy (non-hydrogen) atoms. The highest BCUT2D eigenvalue weighted by molar-refractivity contribution is 5.81. The van der Waals surface area contributed by atoms with E-state index in [0.29, 0.717) is 28.0 Å². The van der Waals surface area contributed by atoms with Crippen molar-refractivity contribution in [3.05, 3.63) is 35.4 Å². The quantitative estimate of drug-likeness (QED) is 0.449. The van der Waals surface area contributed by atoms with Gasteiger partial charge >= 0.3 is 5.97 Å². The van der Waals surface area contributed by atoms with Crippen molar-refractivity contribution in [2.24, 2.45) is 5.92 Å². The average Bonchev–Trinajstić information content (AvgIpc) is 3.04. The summed E-state index contributed by atoms with van der Waals surface area (Å²) in [6, 6.07) is 6.00. The van der Waals surface area contributed by atoms with Crippen molar-refractivity contribution < 1.29 is 34.7 Å². The molecule has 0 saturated carbocycles. The molecule has 0 heterocycles. The van der Waals surface area contributed by atoms with E-state index in [4.69, 9.17) is 9.47 Å². The number of aromatic hydroxyl groups is 3. The van der Waals surface area contributed by atoms with Gasteiger partial charge < -0.3 is 29.9 Å². The minimum absolute atomic E-state index is 0.00969. The zero-order chi connectivity index (χ0) is 21.5. The van der Waals surface area contributed by atoms with Crippen LogP contribution in [0.2, 0.25) is 0 Å².